The molecule has 2 aromatic rings. The summed E-state index contributed by atoms with van der Waals surface area (Å²) < 4.78 is 0. The summed E-state index contributed by atoms with van der Waals surface area (Å²) in [4.78, 5) is 36.9. The molecule has 0 saturated carbocycles. The van der Waals surface area contributed by atoms with Crippen molar-refractivity contribution < 1.29 is 14.5 Å². The molecular weight excluding hydrogens is 405 g/mol. The minimum Gasteiger partial charge on any atom is -0.339 e. The van der Waals surface area contributed by atoms with Gasteiger partial charge in [-0.1, -0.05) is 23.2 Å². The largest absolute Gasteiger partial charge is 0.339 e. The Bertz CT molecular complexity index is 910. The van der Waals surface area contributed by atoms with E-state index in [0.717, 1.165) is 0 Å². The van der Waals surface area contributed by atoms with Crippen molar-refractivity contribution in [2.24, 2.45) is 5.92 Å². The Hall–Kier alpha value is -2.64. The first-order valence-corrected chi connectivity index (χ1v) is 9.40. The predicted molar refractivity (Wildman–Crippen MR) is 107 cm³/mol. The lowest BCUT2D eigenvalue weighted by Gasteiger charge is -2.31. The molecule has 0 spiro atoms. The molecule has 7 nitrogen and oxygen atoms in total. The number of non-ortho nitro benzene ring substituents is 1. The average molecular weight is 422 g/mol. The van der Waals surface area contributed by atoms with E-state index in [-0.39, 0.29) is 23.4 Å². The molecule has 9 heteroatoms. The molecule has 28 heavy (non-hydrogen) atoms. The van der Waals surface area contributed by atoms with E-state index in [2.05, 4.69) is 5.32 Å². The molecule has 2 amide bonds. The van der Waals surface area contributed by atoms with Crippen LogP contribution in [0.25, 0.3) is 0 Å². The SMILES string of the molecule is O=C(Nc1ccc(Cl)c(Cl)c1)C1CCN(C(=O)c2ccc([N+](=O)[O-])cc2)CC1. The standard InChI is InChI=1S/C19H17Cl2N3O4/c20-16-6-3-14(11-17(16)21)22-18(25)12-7-9-23(10-8-12)19(26)13-1-4-15(5-2-13)24(27)28/h1-6,11-12H,7-10H2,(H,22,25). The summed E-state index contributed by atoms with van der Waals surface area (Å²) in [6.45, 7) is 0.880. The van der Waals surface area contributed by atoms with Crippen LogP contribution in [0.3, 0.4) is 0 Å². The van der Waals surface area contributed by atoms with Gasteiger partial charge in [-0.15, -0.1) is 0 Å². The fourth-order valence-electron chi connectivity index (χ4n) is 3.07. The van der Waals surface area contributed by atoms with Crippen molar-refractivity contribution in [2.75, 3.05) is 18.4 Å². The third-order valence-electron chi connectivity index (χ3n) is 4.67. The Morgan fingerprint density at radius 2 is 1.68 bits per heavy atom. The maximum absolute atomic E-state index is 12.5. The number of piperidine rings is 1. The number of benzene rings is 2. The van der Waals surface area contributed by atoms with Gasteiger partial charge in [-0.05, 0) is 43.2 Å². The number of halogens is 2. The topological polar surface area (TPSA) is 92.6 Å². The highest BCUT2D eigenvalue weighted by molar-refractivity contribution is 6.42. The van der Waals surface area contributed by atoms with Crippen molar-refractivity contribution in [1.29, 1.82) is 0 Å². The number of nitro benzene ring substituents is 1. The first kappa shape index (κ1) is 20.1. The van der Waals surface area contributed by atoms with Crippen LogP contribution in [0.5, 0.6) is 0 Å². The summed E-state index contributed by atoms with van der Waals surface area (Å²) in [5, 5.41) is 14.3. The zero-order chi connectivity index (χ0) is 20.3. The minimum atomic E-state index is -0.508. The number of anilines is 1. The Balaban J connectivity index is 1.55. The van der Waals surface area contributed by atoms with Gasteiger partial charge in [-0.25, -0.2) is 0 Å². The van der Waals surface area contributed by atoms with Crippen molar-refractivity contribution >= 4 is 46.4 Å². The molecule has 2 aromatic carbocycles. The van der Waals surface area contributed by atoms with E-state index in [1.807, 2.05) is 0 Å². The summed E-state index contributed by atoms with van der Waals surface area (Å²) in [7, 11) is 0. The highest BCUT2D eigenvalue weighted by atomic mass is 35.5. The normalized spacial score (nSPS) is 14.6. The highest BCUT2D eigenvalue weighted by Crippen LogP contribution is 2.26. The second kappa shape index (κ2) is 8.58. The lowest BCUT2D eigenvalue weighted by molar-refractivity contribution is -0.384. The van der Waals surface area contributed by atoms with Crippen LogP contribution in [0.1, 0.15) is 23.2 Å². The van der Waals surface area contributed by atoms with Crippen LogP contribution in [0.2, 0.25) is 10.0 Å². The molecular formula is C19H17Cl2N3O4. The van der Waals surface area contributed by atoms with Crippen LogP contribution in [0.15, 0.2) is 42.5 Å². The van der Waals surface area contributed by atoms with E-state index in [1.54, 1.807) is 23.1 Å². The van der Waals surface area contributed by atoms with Gasteiger partial charge in [0.05, 0.1) is 15.0 Å². The lowest BCUT2D eigenvalue weighted by Crippen LogP contribution is -2.41. The molecule has 0 aliphatic carbocycles. The molecule has 1 heterocycles. The summed E-state index contributed by atoms with van der Waals surface area (Å²) in [5.41, 5.74) is 0.905. The maximum Gasteiger partial charge on any atom is 0.269 e. The van der Waals surface area contributed by atoms with Crippen LogP contribution in [0.4, 0.5) is 11.4 Å². The van der Waals surface area contributed by atoms with Gasteiger partial charge in [0.1, 0.15) is 0 Å². The average Bonchev–Trinajstić information content (AvgIpc) is 2.70. The number of likely N-dealkylation sites (tertiary alicyclic amines) is 1. The minimum absolute atomic E-state index is 0.0609. The summed E-state index contributed by atoms with van der Waals surface area (Å²) in [6.07, 6.45) is 1.07. The van der Waals surface area contributed by atoms with Crippen molar-refractivity contribution in [3.8, 4) is 0 Å². The van der Waals surface area contributed by atoms with E-state index in [9.17, 15) is 19.7 Å². The molecule has 1 aliphatic heterocycles. The number of nitro groups is 1. The molecule has 0 atom stereocenters. The van der Waals surface area contributed by atoms with Gasteiger partial charge >= 0.3 is 0 Å². The summed E-state index contributed by atoms with van der Waals surface area (Å²) >= 11 is 11.8. The zero-order valence-corrected chi connectivity index (χ0v) is 16.2. The van der Waals surface area contributed by atoms with Crippen molar-refractivity contribution in [1.82, 2.24) is 4.90 Å². The number of hydrogen-bond acceptors (Lipinski definition) is 4. The quantitative estimate of drug-likeness (QED) is 0.584. The molecule has 0 radical (unpaired) electrons. The molecule has 0 unspecified atom stereocenters. The molecule has 1 fully saturated rings. The van der Waals surface area contributed by atoms with Gasteiger partial charge in [-0.2, -0.15) is 0 Å². The number of hydrogen-bond donors (Lipinski definition) is 1. The van der Waals surface area contributed by atoms with Crippen molar-refractivity contribution in [3.05, 3.63) is 68.2 Å². The second-order valence-corrected chi connectivity index (χ2v) is 7.30. The molecule has 0 bridgehead atoms. The van der Waals surface area contributed by atoms with Gasteiger partial charge < -0.3 is 10.2 Å². The monoisotopic (exact) mass is 421 g/mol. The van der Waals surface area contributed by atoms with Crippen molar-refractivity contribution in [3.63, 3.8) is 0 Å². The number of carbonyl (C=O) groups excluding carboxylic acids is 2. The number of nitrogens with one attached hydrogen (secondary N) is 1. The second-order valence-electron chi connectivity index (χ2n) is 6.49. The van der Waals surface area contributed by atoms with Crippen molar-refractivity contribution in [2.45, 2.75) is 12.8 Å². The number of amides is 2. The number of nitrogens with zero attached hydrogens (tertiary/aromatic N) is 2. The molecule has 1 N–H and O–H groups in total. The molecule has 146 valence electrons. The molecule has 1 aliphatic rings. The Kier molecular flexibility index (Phi) is 6.16. The Labute approximate surface area is 171 Å². The summed E-state index contributed by atoms with van der Waals surface area (Å²) in [6, 6.07) is 10.4. The van der Waals surface area contributed by atoms with E-state index in [4.69, 9.17) is 23.2 Å². The van der Waals surface area contributed by atoms with Crippen LogP contribution < -0.4 is 5.32 Å². The third-order valence-corrected chi connectivity index (χ3v) is 5.40. The Morgan fingerprint density at radius 3 is 2.25 bits per heavy atom. The van der Waals surface area contributed by atoms with E-state index in [0.29, 0.717) is 47.2 Å². The van der Waals surface area contributed by atoms with Gasteiger partial charge in [0, 0.05) is 42.4 Å². The smallest absolute Gasteiger partial charge is 0.269 e. The molecule has 3 rings (SSSR count). The number of rotatable bonds is 4. The predicted octanol–water partition coefficient (Wildman–Crippen LogP) is 4.39. The Morgan fingerprint density at radius 1 is 1.04 bits per heavy atom. The van der Waals surface area contributed by atoms with Gasteiger partial charge in [0.15, 0.2) is 0 Å². The number of carbonyl (C=O) groups is 2. The van der Waals surface area contributed by atoms with Crippen LogP contribution in [0, 0.1) is 16.0 Å². The van der Waals surface area contributed by atoms with Crippen LogP contribution in [-0.4, -0.2) is 34.7 Å². The first-order chi connectivity index (χ1) is 13.3. The van der Waals surface area contributed by atoms with Gasteiger partial charge in [0.25, 0.3) is 11.6 Å². The van der Waals surface area contributed by atoms with Crippen LogP contribution >= 0.6 is 23.2 Å². The highest BCUT2D eigenvalue weighted by Gasteiger charge is 2.28. The maximum atomic E-state index is 12.5. The van der Waals surface area contributed by atoms with Gasteiger partial charge in [0.2, 0.25) is 5.91 Å². The first-order valence-electron chi connectivity index (χ1n) is 8.65. The fourth-order valence-corrected chi connectivity index (χ4v) is 3.37. The fraction of sp³-hybridized carbons (Fsp3) is 0.263. The van der Waals surface area contributed by atoms with Gasteiger partial charge in [-0.3, -0.25) is 19.7 Å². The van der Waals surface area contributed by atoms with E-state index >= 15 is 0 Å². The summed E-state index contributed by atoms with van der Waals surface area (Å²) in [5.74, 6) is -0.533. The molecule has 0 aromatic heterocycles. The molecule has 1 saturated heterocycles. The van der Waals surface area contributed by atoms with E-state index in [1.165, 1.54) is 24.3 Å². The van der Waals surface area contributed by atoms with E-state index < -0.39 is 4.92 Å². The third kappa shape index (κ3) is 4.61. The zero-order valence-electron chi connectivity index (χ0n) is 14.7. The lowest BCUT2D eigenvalue weighted by atomic mass is 9.95. The van der Waals surface area contributed by atoms with Crippen LogP contribution in [-0.2, 0) is 4.79 Å².